The second-order valence-corrected chi connectivity index (χ2v) is 41.1. The molecule has 8 amide bonds. The molecule has 0 saturated carbocycles. The summed E-state index contributed by atoms with van der Waals surface area (Å²) in [7, 11) is 0. The topological polar surface area (TPSA) is 319 Å². The number of nitrogens with zero attached hydrogens (tertiary/aromatic N) is 9. The van der Waals surface area contributed by atoms with Crippen LogP contribution in [0, 0.1) is 51.0 Å². The third kappa shape index (κ3) is 22.4. The minimum Gasteiger partial charge on any atom is -0.390 e. The van der Waals surface area contributed by atoms with Crippen LogP contribution >= 0.6 is 15.9 Å². The number of H-pyrrole nitrogens is 4. The van der Waals surface area contributed by atoms with Crippen LogP contribution in [0.4, 0.5) is 46.0 Å². The maximum Gasteiger partial charge on any atom is 0.256 e. The van der Waals surface area contributed by atoms with Crippen molar-refractivity contribution < 1.29 is 61.0 Å². The van der Waals surface area contributed by atoms with Gasteiger partial charge < -0.3 is 90.8 Å². The number of aryl methyl sites for hydroxylation is 4. The number of β-amino-alcohol motifs (C(OH)–C–C–N with tert-alkyl or cyclic N) is 1. The molecular weight excluding hydrogens is 1910 g/mol. The van der Waals surface area contributed by atoms with Gasteiger partial charge in [0.15, 0.2) is 0 Å². The molecule has 0 radical (unpaired) electrons. The Balaban J connectivity index is 0.000000123. The van der Waals surface area contributed by atoms with Crippen LogP contribution in [0.1, 0.15) is 240 Å². The molecular formula is C113H127BrF4N18O9. The Morgan fingerprint density at radius 2 is 0.772 bits per heavy atom. The Kier molecular flexibility index (Phi) is 31.1. The van der Waals surface area contributed by atoms with Crippen LogP contribution in [-0.2, 0) is 51.4 Å². The first-order chi connectivity index (χ1) is 70.3. The van der Waals surface area contributed by atoms with Gasteiger partial charge in [0.25, 0.3) is 47.3 Å². The van der Waals surface area contributed by atoms with Crippen molar-refractivity contribution in [1.82, 2.24) is 64.1 Å². The van der Waals surface area contributed by atoms with E-state index in [4.69, 9.17) is 0 Å². The lowest BCUT2D eigenvalue weighted by atomic mass is 9.94. The van der Waals surface area contributed by atoms with Crippen molar-refractivity contribution in [3.05, 3.63) is 255 Å². The molecule has 12 aliphatic heterocycles. The number of aliphatic hydroxyl groups is 1. The smallest absolute Gasteiger partial charge is 0.256 e. The first-order valence-electron chi connectivity index (χ1n) is 51.7. The molecule has 10 N–H and O–H groups in total. The molecule has 5 aromatic carbocycles. The molecule has 12 aliphatic rings. The third-order valence-corrected chi connectivity index (χ3v) is 31.1. The van der Waals surface area contributed by atoms with Crippen molar-refractivity contribution in [1.29, 1.82) is 0 Å². The van der Waals surface area contributed by atoms with Gasteiger partial charge >= 0.3 is 0 Å². The molecule has 17 heterocycles. The Morgan fingerprint density at radius 3 is 1.26 bits per heavy atom. The average molecular weight is 2040 g/mol. The second kappa shape index (κ2) is 44.9. The highest BCUT2D eigenvalue weighted by Crippen LogP contribution is 2.45. The van der Waals surface area contributed by atoms with Crippen molar-refractivity contribution in [2.45, 2.75) is 169 Å². The third-order valence-electron chi connectivity index (χ3n) is 30.5. The molecule has 0 aliphatic carbocycles. The number of piperidine rings is 4. The molecule has 5 aromatic heterocycles. The van der Waals surface area contributed by atoms with Crippen LogP contribution in [0.3, 0.4) is 0 Å². The minimum absolute atomic E-state index is 0.0344. The normalized spacial score (nSPS) is 19.5. The van der Waals surface area contributed by atoms with Gasteiger partial charge in [-0.05, 0) is 335 Å². The number of aliphatic hydroxyl groups excluding tert-OH is 1. The van der Waals surface area contributed by atoms with Gasteiger partial charge in [0.2, 0.25) is 0 Å². The number of anilines is 5. The van der Waals surface area contributed by atoms with Gasteiger partial charge in [-0.2, -0.15) is 0 Å². The molecule has 0 spiro atoms. The van der Waals surface area contributed by atoms with E-state index in [2.05, 4.69) is 87.0 Å². The summed E-state index contributed by atoms with van der Waals surface area (Å²) in [6.07, 6.45) is 31.5. The Hall–Kier alpha value is -13.1. The zero-order chi connectivity index (χ0) is 101. The van der Waals surface area contributed by atoms with Gasteiger partial charge in [-0.1, -0.05) is 49.9 Å². The molecule has 1 atom stereocenters. The molecule has 27 nitrogen and oxygen atoms in total. The zero-order valence-corrected chi connectivity index (χ0v) is 84.5. The van der Waals surface area contributed by atoms with Gasteiger partial charge in [-0.3, -0.25) is 43.3 Å². The van der Waals surface area contributed by atoms with Crippen LogP contribution in [0.15, 0.2) is 114 Å². The molecule has 4 fully saturated rings. The first kappa shape index (κ1) is 101. The predicted molar refractivity (Wildman–Crippen MR) is 562 cm³/mol. The predicted octanol–water partition coefficient (Wildman–Crippen LogP) is 18.1. The van der Waals surface area contributed by atoms with Crippen LogP contribution in [0.5, 0.6) is 0 Å². The van der Waals surface area contributed by atoms with E-state index in [0.717, 1.165) is 258 Å². The quantitative estimate of drug-likeness (QED) is 0.0236. The fraction of sp³-hybridized carbons (Fsp3) is 0.407. The van der Waals surface area contributed by atoms with Crippen LogP contribution in [0.2, 0.25) is 0 Å². The number of rotatable bonds is 21. The molecule has 145 heavy (non-hydrogen) atoms. The lowest BCUT2D eigenvalue weighted by molar-refractivity contribution is -0.111. The number of pyridine rings is 1. The van der Waals surface area contributed by atoms with Gasteiger partial charge in [0, 0.05) is 181 Å². The number of hydrogen-bond donors (Lipinski definition) is 10. The van der Waals surface area contributed by atoms with Gasteiger partial charge in [0.05, 0.1) is 67.7 Å². The number of halogens is 5. The number of hydrogen-bond acceptors (Lipinski definition) is 15. The lowest BCUT2D eigenvalue weighted by Crippen LogP contribution is -2.44. The number of carbonyl (C=O) groups excluding carboxylic acids is 8. The van der Waals surface area contributed by atoms with Crippen LogP contribution in [-0.4, -0.2) is 253 Å². The SMILES string of the molecule is Cc1c(/C=C2\C(=O)Nc3c(Br)cc(F)cc32)[nH]c2c1C(=O)N(CCN1CCCCC1)CCC2.Cc1c(/C=C2\C(=O)Nc3cc(NCc4ccc(F)cc4)c(F)cc32)[nH]c2c1C(=O)N(CCN1CCCCC1)CCC2.Cc1c(/C=C2\C(=O)Nc3ccc(F)cc32)[nH]c2c1C(=O)N(C[C@H](O)CN1CCCCC1)CCC2.Cc1c(/C=C2\C(=O)Nc3cccc(-c4ccncc4)c32)[nH]c2c1C(=O)N(CCN1CCCCC1)CCC2. The second-order valence-electron chi connectivity index (χ2n) is 40.2. The summed E-state index contributed by atoms with van der Waals surface area (Å²) in [5, 5.41) is 25.1. The highest BCUT2D eigenvalue weighted by atomic mass is 79.9. The van der Waals surface area contributed by atoms with E-state index in [1.807, 2.05) is 78.8 Å². The summed E-state index contributed by atoms with van der Waals surface area (Å²) in [5.41, 5.74) is 22.3. The molecule has 10 aromatic rings. The van der Waals surface area contributed by atoms with Crippen molar-refractivity contribution in [2.75, 3.05) is 157 Å². The van der Waals surface area contributed by atoms with Crippen LogP contribution in [0.25, 0.3) is 57.7 Å². The minimum atomic E-state index is -0.585. The summed E-state index contributed by atoms with van der Waals surface area (Å²) in [5.74, 6) is -2.57. The van der Waals surface area contributed by atoms with E-state index >= 15 is 4.39 Å². The number of amides is 8. The van der Waals surface area contributed by atoms with Crippen LogP contribution < -0.4 is 26.6 Å². The number of fused-ring (bicyclic) bond motifs is 8. The summed E-state index contributed by atoms with van der Waals surface area (Å²) >= 11 is 3.32. The highest BCUT2D eigenvalue weighted by Gasteiger charge is 2.39. The van der Waals surface area contributed by atoms with E-state index < -0.39 is 23.6 Å². The van der Waals surface area contributed by atoms with Gasteiger partial charge in [-0.25, -0.2) is 17.6 Å². The van der Waals surface area contributed by atoms with E-state index in [-0.39, 0.29) is 58.8 Å². The molecule has 4 saturated heterocycles. The average Bonchev–Trinajstić information content (AvgIpc) is 1.62. The van der Waals surface area contributed by atoms with Crippen molar-refractivity contribution in [3.63, 3.8) is 0 Å². The first-order valence-corrected chi connectivity index (χ1v) is 52.5. The number of likely N-dealkylation sites (tertiary alicyclic amines) is 4. The van der Waals surface area contributed by atoms with E-state index in [1.165, 1.54) is 107 Å². The summed E-state index contributed by atoms with van der Waals surface area (Å²) in [6.45, 7) is 25.5. The number of aromatic nitrogens is 5. The number of nitrogens with one attached hydrogen (secondary N) is 9. The molecule has 758 valence electrons. The lowest BCUT2D eigenvalue weighted by Gasteiger charge is -2.31. The molecule has 0 unspecified atom stereocenters. The van der Waals surface area contributed by atoms with E-state index in [0.29, 0.717) is 122 Å². The monoisotopic (exact) mass is 2030 g/mol. The Labute approximate surface area is 850 Å². The Bertz CT molecular complexity index is 6770. The fourth-order valence-corrected chi connectivity index (χ4v) is 23.2. The fourth-order valence-electron chi connectivity index (χ4n) is 22.6. The highest BCUT2D eigenvalue weighted by molar-refractivity contribution is 9.10. The number of benzene rings is 5. The number of carbonyl (C=O) groups is 8. The maximum absolute atomic E-state index is 15.1. The summed E-state index contributed by atoms with van der Waals surface area (Å²) < 4.78 is 56.6. The summed E-state index contributed by atoms with van der Waals surface area (Å²) in [4.78, 5) is 141. The van der Waals surface area contributed by atoms with Gasteiger partial charge in [0.1, 0.15) is 23.3 Å². The standard InChI is InChI=1S/C32H35F2N5O2.C30H33N5O2.C26H31FN4O3.C25H28BrFN4O2/c1-20-27(36-26-6-5-13-39(32(41)30(20)26)15-14-38-11-3-2-4-12-38)17-24-23-16-25(34)29(18-28(23)37-31(24)40)35-19-21-7-9-22(33)10-8-21;1-20-26(19-23-28-22(21-10-12-31-13-11-21)7-5-8-25(28)33-29(23)36)32-24-9-6-16-35(30(37)27(20)24)18-17-34-14-3-2-4-15-34;1-16-23(13-20-19-12-17(27)7-8-21(19)29-25(20)33)28-22-6-5-11-31(26(34)24(16)22)15-18(32)14-30-9-3-2-4-10-30;1-15-21(14-18-17-12-16(27)13-19(26)23(17)29-24(18)32)28-20-6-5-9-31(25(33)22(15)20)11-10-30-7-3-2-4-8-30/h7-10,16-18,35-36H,2-6,11-15,19H2,1H3,(H,37,40);5,7-8,10-13,19,32H,2-4,6,9,14-18H2,1H3,(H,33,36);7-8,12-13,18,28,32H,2-6,9-11,14-15H2,1H3,(H,29,33);12-14,28H,2-11H2,1H3,(H,29,32)/b24-17-;23-19-;20-13-;18-14-/t;;18-;/m..1./s1. The Morgan fingerprint density at radius 1 is 0.372 bits per heavy atom. The maximum atomic E-state index is 15.1. The zero-order valence-electron chi connectivity index (χ0n) is 82.9. The summed E-state index contributed by atoms with van der Waals surface area (Å²) in [6, 6.07) is 25.6. The largest absolute Gasteiger partial charge is 0.390 e. The molecule has 32 heteroatoms. The van der Waals surface area contributed by atoms with Crippen molar-refractivity contribution in [3.8, 4) is 11.1 Å². The van der Waals surface area contributed by atoms with E-state index in [9.17, 15) is 56.6 Å². The van der Waals surface area contributed by atoms with Gasteiger partial charge in [-0.15, -0.1) is 0 Å². The number of aromatic amines is 4. The van der Waals surface area contributed by atoms with E-state index in [1.54, 1.807) is 59.8 Å². The molecule has 0 bridgehead atoms. The van der Waals surface area contributed by atoms with Crippen molar-refractivity contribution >= 4 is 138 Å². The van der Waals surface area contributed by atoms with Crippen molar-refractivity contribution in [2.24, 2.45) is 0 Å². The molecule has 22 rings (SSSR count).